The average Bonchev–Trinajstić information content (AvgIpc) is 2.78. The molecule has 1 heterocycles. The van der Waals surface area contributed by atoms with Crippen LogP contribution in [-0.4, -0.2) is 30.5 Å². The molecule has 0 bridgehead atoms. The van der Waals surface area contributed by atoms with Gasteiger partial charge >= 0.3 is 0 Å². The fourth-order valence-electron chi connectivity index (χ4n) is 4.04. The number of hydrogen-bond donors (Lipinski definition) is 2. The van der Waals surface area contributed by atoms with E-state index in [1.807, 2.05) is 0 Å². The Morgan fingerprint density at radius 1 is 1.39 bits per heavy atom. The number of nitrogens with two attached hydrogens (primary N) is 1. The number of aliphatic hydroxyl groups is 1. The molecular weight excluding hydrogens is 226 g/mol. The monoisotopic (exact) mass is 255 g/mol. The van der Waals surface area contributed by atoms with Gasteiger partial charge < -0.3 is 15.6 Å². The minimum Gasteiger partial charge on any atom is -0.389 e. The Bertz CT molecular complexity index is 274. The Kier molecular flexibility index (Phi) is 4.35. The summed E-state index contributed by atoms with van der Waals surface area (Å²) < 4.78 is 5.55. The highest BCUT2D eigenvalue weighted by Crippen LogP contribution is 2.49. The molecule has 3 unspecified atom stereocenters. The number of ether oxygens (including phenoxy) is 1. The summed E-state index contributed by atoms with van der Waals surface area (Å²) in [6.07, 6.45) is 6.38. The molecule has 3 heteroatoms. The minimum absolute atomic E-state index is 0.178. The third kappa shape index (κ3) is 2.59. The molecule has 3 atom stereocenters. The van der Waals surface area contributed by atoms with Crippen molar-refractivity contribution < 1.29 is 9.84 Å². The van der Waals surface area contributed by atoms with E-state index in [9.17, 15) is 5.11 Å². The zero-order valence-electron chi connectivity index (χ0n) is 12.0. The highest BCUT2D eigenvalue weighted by molar-refractivity contribution is 5.04. The number of hydrogen-bond acceptors (Lipinski definition) is 3. The standard InChI is InChI=1S/C15H29NO2/c1-12(2)8-13-4-3-5-15(17,9-13)14(10-16)6-7-18-11-14/h12-13,17H,3-11,16H2,1-2H3. The van der Waals surface area contributed by atoms with Crippen molar-refractivity contribution in [3.05, 3.63) is 0 Å². The molecule has 2 fully saturated rings. The van der Waals surface area contributed by atoms with E-state index >= 15 is 0 Å². The Morgan fingerprint density at radius 3 is 2.72 bits per heavy atom. The van der Waals surface area contributed by atoms with Crippen LogP contribution in [0.3, 0.4) is 0 Å². The first-order valence-electron chi connectivity index (χ1n) is 7.51. The van der Waals surface area contributed by atoms with Crippen LogP contribution in [0, 0.1) is 17.3 Å². The zero-order valence-corrected chi connectivity index (χ0v) is 12.0. The summed E-state index contributed by atoms with van der Waals surface area (Å²) in [4.78, 5) is 0. The van der Waals surface area contributed by atoms with Crippen LogP contribution < -0.4 is 5.73 Å². The first-order valence-corrected chi connectivity index (χ1v) is 7.51. The maximum Gasteiger partial charge on any atom is 0.0741 e. The molecule has 0 radical (unpaired) electrons. The Hall–Kier alpha value is -0.120. The lowest BCUT2D eigenvalue weighted by atomic mass is 9.61. The van der Waals surface area contributed by atoms with E-state index in [0.717, 1.165) is 32.3 Å². The predicted octanol–water partition coefficient (Wildman–Crippen LogP) is 2.32. The highest BCUT2D eigenvalue weighted by atomic mass is 16.5. The van der Waals surface area contributed by atoms with Gasteiger partial charge in [0.1, 0.15) is 0 Å². The topological polar surface area (TPSA) is 55.5 Å². The van der Waals surface area contributed by atoms with Gasteiger partial charge in [0.15, 0.2) is 0 Å². The van der Waals surface area contributed by atoms with Gasteiger partial charge in [0.05, 0.1) is 12.2 Å². The Balaban J connectivity index is 2.09. The molecule has 18 heavy (non-hydrogen) atoms. The lowest BCUT2D eigenvalue weighted by Crippen LogP contribution is -2.55. The summed E-state index contributed by atoms with van der Waals surface area (Å²) in [6.45, 7) is 6.50. The first kappa shape index (κ1) is 14.3. The first-order chi connectivity index (χ1) is 8.51. The summed E-state index contributed by atoms with van der Waals surface area (Å²) in [6, 6.07) is 0. The lowest BCUT2D eigenvalue weighted by molar-refractivity contribution is -0.120. The van der Waals surface area contributed by atoms with Crippen LogP contribution in [0.2, 0.25) is 0 Å². The van der Waals surface area contributed by atoms with Gasteiger partial charge in [-0.3, -0.25) is 0 Å². The van der Waals surface area contributed by atoms with Crippen molar-refractivity contribution in [2.24, 2.45) is 23.0 Å². The van der Waals surface area contributed by atoms with Crippen molar-refractivity contribution in [2.75, 3.05) is 19.8 Å². The fraction of sp³-hybridized carbons (Fsp3) is 1.00. The van der Waals surface area contributed by atoms with Crippen molar-refractivity contribution in [1.29, 1.82) is 0 Å². The smallest absolute Gasteiger partial charge is 0.0741 e. The van der Waals surface area contributed by atoms with Gasteiger partial charge in [-0.15, -0.1) is 0 Å². The van der Waals surface area contributed by atoms with Crippen molar-refractivity contribution in [1.82, 2.24) is 0 Å². The van der Waals surface area contributed by atoms with Crippen LogP contribution >= 0.6 is 0 Å². The average molecular weight is 255 g/mol. The molecule has 0 spiro atoms. The van der Waals surface area contributed by atoms with E-state index in [0.29, 0.717) is 25.0 Å². The van der Waals surface area contributed by atoms with Gasteiger partial charge in [0.2, 0.25) is 0 Å². The third-order valence-corrected chi connectivity index (χ3v) is 5.12. The van der Waals surface area contributed by atoms with Gasteiger partial charge in [0.25, 0.3) is 0 Å². The van der Waals surface area contributed by atoms with E-state index in [4.69, 9.17) is 10.5 Å². The zero-order chi connectivity index (χ0) is 13.2. The summed E-state index contributed by atoms with van der Waals surface area (Å²) in [5.74, 6) is 1.37. The van der Waals surface area contributed by atoms with Gasteiger partial charge in [-0.05, 0) is 37.5 Å². The Morgan fingerprint density at radius 2 is 2.17 bits per heavy atom. The second-order valence-electron chi connectivity index (χ2n) is 6.91. The largest absolute Gasteiger partial charge is 0.389 e. The lowest BCUT2D eigenvalue weighted by Gasteiger charge is -2.48. The molecule has 0 aromatic heterocycles. The van der Waals surface area contributed by atoms with Gasteiger partial charge in [-0.25, -0.2) is 0 Å². The molecular formula is C15H29NO2. The van der Waals surface area contributed by atoms with Crippen molar-refractivity contribution in [3.63, 3.8) is 0 Å². The van der Waals surface area contributed by atoms with Gasteiger partial charge in [0, 0.05) is 18.6 Å². The molecule has 0 aromatic carbocycles. The number of rotatable bonds is 4. The molecule has 106 valence electrons. The quantitative estimate of drug-likeness (QED) is 0.810. The molecule has 2 rings (SSSR count). The Labute approximate surface area is 111 Å². The summed E-state index contributed by atoms with van der Waals surface area (Å²) in [5.41, 5.74) is 5.23. The molecule has 0 aromatic rings. The highest BCUT2D eigenvalue weighted by Gasteiger charge is 2.53. The van der Waals surface area contributed by atoms with Gasteiger partial charge in [-0.2, -0.15) is 0 Å². The van der Waals surface area contributed by atoms with Crippen molar-refractivity contribution in [3.8, 4) is 0 Å². The summed E-state index contributed by atoms with van der Waals surface area (Å²) in [7, 11) is 0. The van der Waals surface area contributed by atoms with Crippen molar-refractivity contribution in [2.45, 2.75) is 58.0 Å². The summed E-state index contributed by atoms with van der Waals surface area (Å²) >= 11 is 0. The van der Waals surface area contributed by atoms with E-state index in [1.54, 1.807) is 0 Å². The van der Waals surface area contributed by atoms with E-state index in [-0.39, 0.29) is 5.41 Å². The maximum absolute atomic E-state index is 11.1. The minimum atomic E-state index is -0.587. The van der Waals surface area contributed by atoms with Crippen LogP contribution in [0.25, 0.3) is 0 Å². The van der Waals surface area contributed by atoms with E-state index in [1.165, 1.54) is 12.8 Å². The molecule has 3 N–H and O–H groups in total. The fourth-order valence-corrected chi connectivity index (χ4v) is 4.04. The molecule has 2 aliphatic rings. The van der Waals surface area contributed by atoms with E-state index < -0.39 is 5.60 Å². The SMILES string of the molecule is CC(C)CC1CCCC(O)(C2(CN)CCOC2)C1. The van der Waals surface area contributed by atoms with Crippen LogP contribution in [-0.2, 0) is 4.74 Å². The second-order valence-corrected chi connectivity index (χ2v) is 6.91. The molecule has 1 saturated heterocycles. The third-order valence-electron chi connectivity index (χ3n) is 5.12. The van der Waals surface area contributed by atoms with Crippen LogP contribution in [0.4, 0.5) is 0 Å². The van der Waals surface area contributed by atoms with Crippen LogP contribution in [0.1, 0.15) is 52.4 Å². The van der Waals surface area contributed by atoms with Crippen LogP contribution in [0.15, 0.2) is 0 Å². The molecule has 1 aliphatic carbocycles. The summed E-state index contributed by atoms with van der Waals surface area (Å²) in [5, 5.41) is 11.1. The molecule has 0 amide bonds. The maximum atomic E-state index is 11.1. The van der Waals surface area contributed by atoms with Crippen LogP contribution in [0.5, 0.6) is 0 Å². The molecule has 1 saturated carbocycles. The predicted molar refractivity (Wildman–Crippen MR) is 73.3 cm³/mol. The van der Waals surface area contributed by atoms with Crippen molar-refractivity contribution >= 4 is 0 Å². The molecule has 1 aliphatic heterocycles. The molecule has 3 nitrogen and oxygen atoms in total. The van der Waals surface area contributed by atoms with E-state index in [2.05, 4.69) is 13.8 Å². The van der Waals surface area contributed by atoms with Gasteiger partial charge in [-0.1, -0.05) is 26.7 Å². The normalized spacial score (nSPS) is 41.5. The second kappa shape index (κ2) is 5.48.